The van der Waals surface area contributed by atoms with Crippen LogP contribution in [0.4, 0.5) is 5.69 Å². The normalized spacial score (nSPS) is 17.5. The van der Waals surface area contributed by atoms with Gasteiger partial charge in [0, 0.05) is 12.5 Å². The first-order valence-corrected chi connectivity index (χ1v) is 9.03. The number of anilines is 1. The number of carboxylic acid groups (broad SMARTS) is 1. The lowest BCUT2D eigenvalue weighted by Gasteiger charge is -2.18. The Balaban J connectivity index is 2.09. The topological polar surface area (TPSA) is 74.7 Å². The van der Waals surface area contributed by atoms with Crippen molar-refractivity contribution in [2.24, 2.45) is 0 Å². The summed E-state index contributed by atoms with van der Waals surface area (Å²) in [5.41, 5.74) is 2.15. The average Bonchev–Trinajstić information content (AvgIpc) is 3.01. The molecule has 116 valence electrons. The quantitative estimate of drug-likeness (QED) is 0.934. The lowest BCUT2D eigenvalue weighted by Crippen LogP contribution is -2.29. The van der Waals surface area contributed by atoms with Crippen molar-refractivity contribution in [3.63, 3.8) is 0 Å². The Bertz CT molecular complexity index is 854. The highest BCUT2D eigenvalue weighted by Crippen LogP contribution is 2.40. The molecular formula is C15H15NO4S2. The molecule has 0 fully saturated rings. The third kappa shape index (κ3) is 2.21. The van der Waals surface area contributed by atoms with E-state index in [1.807, 2.05) is 25.1 Å². The zero-order valence-corrected chi connectivity index (χ0v) is 13.7. The summed E-state index contributed by atoms with van der Waals surface area (Å²) in [5.74, 6) is -0.981. The highest BCUT2D eigenvalue weighted by molar-refractivity contribution is 7.94. The molecule has 0 bridgehead atoms. The molecule has 0 saturated carbocycles. The van der Waals surface area contributed by atoms with Crippen molar-refractivity contribution in [2.75, 3.05) is 10.8 Å². The number of sulfonamides is 1. The molecule has 2 aromatic rings. The van der Waals surface area contributed by atoms with E-state index in [1.54, 1.807) is 13.0 Å². The Morgan fingerprint density at radius 1 is 1.36 bits per heavy atom. The van der Waals surface area contributed by atoms with Crippen LogP contribution in [0.15, 0.2) is 34.5 Å². The number of benzene rings is 1. The predicted octanol–water partition coefficient (Wildman–Crippen LogP) is 3.07. The highest BCUT2D eigenvalue weighted by Gasteiger charge is 2.35. The summed E-state index contributed by atoms with van der Waals surface area (Å²) >= 11 is 0.808. The standard InChI is InChI=1S/C15H15NO4S2/c1-9-7-13(21-14(9)15(17)18)22(19,20)16-8-10(2)11-5-3-4-6-12(11)16/h3-7,10H,8H2,1-2H3,(H,17,18)/t10-/m0/s1. The summed E-state index contributed by atoms with van der Waals surface area (Å²) in [5, 5.41) is 9.11. The molecule has 22 heavy (non-hydrogen) atoms. The molecule has 0 unspecified atom stereocenters. The Labute approximate surface area is 132 Å². The van der Waals surface area contributed by atoms with Gasteiger partial charge < -0.3 is 5.11 Å². The Hall–Kier alpha value is -1.86. The first kappa shape index (κ1) is 15.1. The van der Waals surface area contributed by atoms with Gasteiger partial charge in [0.1, 0.15) is 9.09 Å². The Kier molecular flexibility index (Phi) is 3.49. The zero-order valence-electron chi connectivity index (χ0n) is 12.1. The number of aromatic carboxylic acids is 1. The molecule has 0 radical (unpaired) electrons. The number of fused-ring (bicyclic) bond motifs is 1. The zero-order chi connectivity index (χ0) is 16.1. The average molecular weight is 337 g/mol. The van der Waals surface area contributed by atoms with E-state index in [-0.39, 0.29) is 15.0 Å². The molecule has 0 spiro atoms. The SMILES string of the molecule is Cc1cc(S(=O)(=O)N2C[C@H](C)c3ccccc32)sc1C(=O)O. The number of carbonyl (C=O) groups is 1. The van der Waals surface area contributed by atoms with E-state index in [0.717, 1.165) is 16.9 Å². The minimum atomic E-state index is -3.73. The van der Waals surface area contributed by atoms with Crippen molar-refractivity contribution in [3.05, 3.63) is 46.3 Å². The van der Waals surface area contributed by atoms with Gasteiger partial charge in [-0.3, -0.25) is 4.31 Å². The van der Waals surface area contributed by atoms with E-state index in [9.17, 15) is 13.2 Å². The molecule has 7 heteroatoms. The van der Waals surface area contributed by atoms with E-state index >= 15 is 0 Å². The van der Waals surface area contributed by atoms with Gasteiger partial charge in [0.25, 0.3) is 10.0 Å². The molecule has 2 heterocycles. The maximum absolute atomic E-state index is 12.9. The predicted molar refractivity (Wildman–Crippen MR) is 85.4 cm³/mol. The van der Waals surface area contributed by atoms with Crippen LogP contribution in [0.1, 0.15) is 33.6 Å². The Morgan fingerprint density at radius 2 is 2.05 bits per heavy atom. The molecule has 3 rings (SSSR count). The van der Waals surface area contributed by atoms with Crippen LogP contribution in [0.3, 0.4) is 0 Å². The molecule has 5 nitrogen and oxygen atoms in total. The third-order valence-corrected chi connectivity index (χ3v) is 7.26. The molecule has 1 aromatic heterocycles. The maximum atomic E-state index is 12.9. The fraction of sp³-hybridized carbons (Fsp3) is 0.267. The van der Waals surface area contributed by atoms with Gasteiger partial charge in [-0.05, 0) is 30.2 Å². The van der Waals surface area contributed by atoms with Crippen LogP contribution in [-0.4, -0.2) is 26.0 Å². The fourth-order valence-electron chi connectivity index (χ4n) is 2.71. The summed E-state index contributed by atoms with van der Waals surface area (Å²) in [6, 6.07) is 8.85. The van der Waals surface area contributed by atoms with Gasteiger partial charge in [0.05, 0.1) is 5.69 Å². The second-order valence-electron chi connectivity index (χ2n) is 5.38. The molecule has 1 N–H and O–H groups in total. The number of carboxylic acids is 1. The molecule has 1 aliphatic heterocycles. The molecular weight excluding hydrogens is 322 g/mol. The van der Waals surface area contributed by atoms with E-state index in [4.69, 9.17) is 5.11 Å². The number of hydrogen-bond donors (Lipinski definition) is 1. The number of hydrogen-bond acceptors (Lipinski definition) is 4. The number of thiophene rings is 1. The van der Waals surface area contributed by atoms with Crippen molar-refractivity contribution < 1.29 is 18.3 Å². The summed E-state index contributed by atoms with van der Waals surface area (Å²) in [6.07, 6.45) is 0. The van der Waals surface area contributed by atoms with Gasteiger partial charge in [-0.25, -0.2) is 13.2 Å². The van der Waals surface area contributed by atoms with E-state index < -0.39 is 16.0 Å². The van der Waals surface area contributed by atoms with Crippen LogP contribution < -0.4 is 4.31 Å². The first-order valence-electron chi connectivity index (χ1n) is 6.77. The number of rotatable bonds is 3. The van der Waals surface area contributed by atoms with Crippen LogP contribution in [0.25, 0.3) is 0 Å². The highest BCUT2D eigenvalue weighted by atomic mass is 32.2. The summed E-state index contributed by atoms with van der Waals surface area (Å²) in [4.78, 5) is 11.2. The van der Waals surface area contributed by atoms with Crippen LogP contribution in [0, 0.1) is 6.92 Å². The molecule has 1 aromatic carbocycles. The molecule has 0 amide bonds. The van der Waals surface area contributed by atoms with Gasteiger partial charge in [0.2, 0.25) is 0 Å². The number of nitrogens with zero attached hydrogens (tertiary/aromatic N) is 1. The third-order valence-electron chi connectivity index (χ3n) is 3.81. The van der Waals surface area contributed by atoms with Crippen molar-refractivity contribution in [1.29, 1.82) is 0 Å². The fourth-order valence-corrected chi connectivity index (χ4v) is 5.78. The second-order valence-corrected chi connectivity index (χ2v) is 8.52. The van der Waals surface area contributed by atoms with Gasteiger partial charge in [-0.2, -0.15) is 0 Å². The van der Waals surface area contributed by atoms with Crippen molar-refractivity contribution in [2.45, 2.75) is 24.0 Å². The summed E-state index contributed by atoms with van der Waals surface area (Å²) < 4.78 is 27.2. The van der Waals surface area contributed by atoms with Gasteiger partial charge >= 0.3 is 5.97 Å². The monoisotopic (exact) mass is 337 g/mol. The lowest BCUT2D eigenvalue weighted by molar-refractivity contribution is 0.0701. The maximum Gasteiger partial charge on any atom is 0.346 e. The van der Waals surface area contributed by atoms with E-state index in [2.05, 4.69) is 0 Å². The minimum absolute atomic E-state index is 0.0686. The smallest absolute Gasteiger partial charge is 0.346 e. The minimum Gasteiger partial charge on any atom is -0.477 e. The summed E-state index contributed by atoms with van der Waals surface area (Å²) in [7, 11) is -3.73. The largest absolute Gasteiger partial charge is 0.477 e. The molecule has 0 aliphatic carbocycles. The molecule has 0 saturated heterocycles. The van der Waals surface area contributed by atoms with Crippen LogP contribution in [0.5, 0.6) is 0 Å². The van der Waals surface area contributed by atoms with Gasteiger partial charge in [-0.15, -0.1) is 11.3 Å². The van der Waals surface area contributed by atoms with Crippen molar-refractivity contribution in [3.8, 4) is 0 Å². The number of aryl methyl sites for hydroxylation is 1. The van der Waals surface area contributed by atoms with Crippen LogP contribution in [0.2, 0.25) is 0 Å². The van der Waals surface area contributed by atoms with E-state index in [0.29, 0.717) is 17.8 Å². The van der Waals surface area contributed by atoms with Crippen LogP contribution >= 0.6 is 11.3 Å². The molecule has 1 atom stereocenters. The second kappa shape index (κ2) is 5.10. The van der Waals surface area contributed by atoms with E-state index in [1.165, 1.54) is 10.4 Å². The lowest BCUT2D eigenvalue weighted by atomic mass is 10.0. The Morgan fingerprint density at radius 3 is 2.68 bits per heavy atom. The van der Waals surface area contributed by atoms with Crippen molar-refractivity contribution >= 4 is 33.0 Å². The number of para-hydroxylation sites is 1. The van der Waals surface area contributed by atoms with Gasteiger partial charge in [0.15, 0.2) is 0 Å². The van der Waals surface area contributed by atoms with Crippen molar-refractivity contribution in [1.82, 2.24) is 0 Å². The van der Waals surface area contributed by atoms with Gasteiger partial charge in [-0.1, -0.05) is 25.1 Å². The van der Waals surface area contributed by atoms with Crippen LogP contribution in [-0.2, 0) is 10.0 Å². The summed E-state index contributed by atoms with van der Waals surface area (Å²) in [6.45, 7) is 3.97. The molecule has 1 aliphatic rings. The first-order chi connectivity index (χ1) is 10.3.